The SMILES string of the molecule is COC(C(=O)CCC1CCCO1)C(C)(C)C. The van der Waals surface area contributed by atoms with E-state index in [-0.39, 0.29) is 17.3 Å². The van der Waals surface area contributed by atoms with Crippen LogP contribution in [0.3, 0.4) is 0 Å². The number of carbonyl (C=O) groups excluding carboxylic acids is 1. The van der Waals surface area contributed by atoms with Gasteiger partial charge in [0.2, 0.25) is 0 Å². The van der Waals surface area contributed by atoms with Gasteiger partial charge in [-0.2, -0.15) is 0 Å². The van der Waals surface area contributed by atoms with Crippen molar-refractivity contribution in [2.75, 3.05) is 13.7 Å². The maximum absolute atomic E-state index is 12.0. The molecule has 0 aromatic heterocycles. The van der Waals surface area contributed by atoms with Crippen molar-refractivity contribution in [2.45, 2.75) is 58.7 Å². The van der Waals surface area contributed by atoms with Gasteiger partial charge in [-0.1, -0.05) is 20.8 Å². The fraction of sp³-hybridized carbons (Fsp3) is 0.923. The number of rotatable bonds is 5. The van der Waals surface area contributed by atoms with Gasteiger partial charge in [-0.25, -0.2) is 0 Å². The Morgan fingerprint density at radius 2 is 2.19 bits per heavy atom. The lowest BCUT2D eigenvalue weighted by molar-refractivity contribution is -0.135. The fourth-order valence-electron chi connectivity index (χ4n) is 2.27. The van der Waals surface area contributed by atoms with Crippen molar-refractivity contribution in [3.8, 4) is 0 Å². The zero-order valence-corrected chi connectivity index (χ0v) is 10.9. The van der Waals surface area contributed by atoms with Crippen LogP contribution in [0.5, 0.6) is 0 Å². The molecule has 1 heterocycles. The number of Topliss-reactive ketones (excluding diaryl/α,β-unsaturated/α-hetero) is 1. The normalized spacial score (nSPS) is 23.4. The van der Waals surface area contributed by atoms with E-state index in [1.807, 2.05) is 20.8 Å². The third kappa shape index (κ3) is 3.87. The van der Waals surface area contributed by atoms with Gasteiger partial charge in [0.1, 0.15) is 6.10 Å². The zero-order chi connectivity index (χ0) is 12.2. The van der Waals surface area contributed by atoms with Crippen molar-refractivity contribution in [3.63, 3.8) is 0 Å². The van der Waals surface area contributed by atoms with E-state index in [0.29, 0.717) is 12.5 Å². The van der Waals surface area contributed by atoms with E-state index < -0.39 is 0 Å². The van der Waals surface area contributed by atoms with Gasteiger partial charge in [-0.15, -0.1) is 0 Å². The molecule has 1 fully saturated rings. The molecule has 0 saturated carbocycles. The van der Waals surface area contributed by atoms with Gasteiger partial charge in [0, 0.05) is 20.1 Å². The highest BCUT2D eigenvalue weighted by atomic mass is 16.5. The number of ether oxygens (including phenoxy) is 2. The molecule has 0 aliphatic carbocycles. The van der Waals surface area contributed by atoms with Crippen LogP contribution in [0.4, 0.5) is 0 Å². The summed E-state index contributed by atoms with van der Waals surface area (Å²) < 4.78 is 10.8. The first-order valence-electron chi connectivity index (χ1n) is 6.12. The smallest absolute Gasteiger partial charge is 0.162 e. The number of hydrogen-bond acceptors (Lipinski definition) is 3. The molecule has 3 nitrogen and oxygen atoms in total. The minimum Gasteiger partial charge on any atom is -0.378 e. The Kier molecular flexibility index (Phi) is 4.93. The molecule has 1 aliphatic rings. The second-order valence-corrected chi connectivity index (χ2v) is 5.62. The highest BCUT2D eigenvalue weighted by Gasteiger charge is 2.31. The lowest BCUT2D eigenvalue weighted by Crippen LogP contribution is -2.36. The van der Waals surface area contributed by atoms with Crippen LogP contribution in [0, 0.1) is 5.41 Å². The van der Waals surface area contributed by atoms with Gasteiger partial charge >= 0.3 is 0 Å². The molecule has 0 bridgehead atoms. The molecule has 94 valence electrons. The van der Waals surface area contributed by atoms with Crippen LogP contribution in [0.25, 0.3) is 0 Å². The monoisotopic (exact) mass is 228 g/mol. The average molecular weight is 228 g/mol. The van der Waals surface area contributed by atoms with Crippen LogP contribution in [0.1, 0.15) is 46.5 Å². The summed E-state index contributed by atoms with van der Waals surface area (Å²) in [7, 11) is 1.61. The van der Waals surface area contributed by atoms with Crippen LogP contribution in [-0.4, -0.2) is 31.7 Å². The predicted octanol–water partition coefficient (Wildman–Crippen LogP) is 2.58. The number of methoxy groups -OCH3 is 1. The number of carbonyl (C=O) groups is 1. The van der Waals surface area contributed by atoms with Gasteiger partial charge in [-0.3, -0.25) is 4.79 Å². The summed E-state index contributed by atoms with van der Waals surface area (Å²) in [6.45, 7) is 6.95. The van der Waals surface area contributed by atoms with Crippen molar-refractivity contribution in [3.05, 3.63) is 0 Å². The Hall–Kier alpha value is -0.410. The van der Waals surface area contributed by atoms with E-state index in [1.165, 1.54) is 0 Å². The molecule has 0 N–H and O–H groups in total. The van der Waals surface area contributed by atoms with E-state index in [0.717, 1.165) is 25.9 Å². The summed E-state index contributed by atoms with van der Waals surface area (Å²) in [5.74, 6) is 0.200. The molecule has 3 heteroatoms. The second-order valence-electron chi connectivity index (χ2n) is 5.62. The van der Waals surface area contributed by atoms with Gasteiger partial charge < -0.3 is 9.47 Å². The van der Waals surface area contributed by atoms with Crippen LogP contribution < -0.4 is 0 Å². The van der Waals surface area contributed by atoms with Crippen LogP contribution >= 0.6 is 0 Å². The lowest BCUT2D eigenvalue weighted by Gasteiger charge is -2.28. The Labute approximate surface area is 98.5 Å². The molecule has 0 aromatic rings. The van der Waals surface area contributed by atoms with Gasteiger partial charge in [-0.05, 0) is 24.7 Å². The van der Waals surface area contributed by atoms with Crippen LogP contribution in [-0.2, 0) is 14.3 Å². The topological polar surface area (TPSA) is 35.5 Å². The van der Waals surface area contributed by atoms with E-state index in [2.05, 4.69) is 0 Å². The molecule has 2 unspecified atom stereocenters. The number of hydrogen-bond donors (Lipinski definition) is 0. The van der Waals surface area contributed by atoms with Crippen molar-refractivity contribution >= 4 is 5.78 Å². The lowest BCUT2D eigenvalue weighted by atomic mass is 9.85. The summed E-state index contributed by atoms with van der Waals surface area (Å²) in [4.78, 5) is 12.0. The molecular weight excluding hydrogens is 204 g/mol. The van der Waals surface area contributed by atoms with Gasteiger partial charge in [0.25, 0.3) is 0 Å². The molecular formula is C13H24O3. The molecule has 1 aliphatic heterocycles. The predicted molar refractivity (Wildman–Crippen MR) is 63.5 cm³/mol. The first-order chi connectivity index (χ1) is 7.45. The van der Waals surface area contributed by atoms with Crippen LogP contribution in [0.2, 0.25) is 0 Å². The Morgan fingerprint density at radius 3 is 2.62 bits per heavy atom. The first kappa shape index (κ1) is 13.7. The summed E-state index contributed by atoms with van der Waals surface area (Å²) in [6.07, 6.45) is 3.64. The number of ketones is 1. The average Bonchev–Trinajstić information content (AvgIpc) is 2.65. The second kappa shape index (κ2) is 5.78. The standard InChI is InChI=1S/C13H24O3/c1-13(2,3)12(15-4)11(14)8-7-10-6-5-9-16-10/h10,12H,5-9H2,1-4H3. The Morgan fingerprint density at radius 1 is 1.50 bits per heavy atom. The largest absolute Gasteiger partial charge is 0.378 e. The third-order valence-corrected chi connectivity index (χ3v) is 3.05. The van der Waals surface area contributed by atoms with Crippen LogP contribution in [0.15, 0.2) is 0 Å². The fourth-order valence-corrected chi connectivity index (χ4v) is 2.27. The zero-order valence-electron chi connectivity index (χ0n) is 10.9. The Balaban J connectivity index is 2.37. The first-order valence-corrected chi connectivity index (χ1v) is 6.12. The summed E-state index contributed by atoms with van der Waals surface area (Å²) in [5, 5.41) is 0. The summed E-state index contributed by atoms with van der Waals surface area (Å²) in [6, 6.07) is 0. The molecule has 16 heavy (non-hydrogen) atoms. The van der Waals surface area contributed by atoms with E-state index in [9.17, 15) is 4.79 Å². The Bertz CT molecular complexity index is 224. The molecule has 0 aromatic carbocycles. The summed E-state index contributed by atoms with van der Waals surface area (Å²) >= 11 is 0. The minimum atomic E-state index is -0.297. The van der Waals surface area contributed by atoms with Crippen molar-refractivity contribution in [1.29, 1.82) is 0 Å². The molecule has 0 spiro atoms. The van der Waals surface area contributed by atoms with Gasteiger partial charge in [0.05, 0.1) is 6.10 Å². The van der Waals surface area contributed by atoms with Crippen molar-refractivity contribution < 1.29 is 14.3 Å². The van der Waals surface area contributed by atoms with Gasteiger partial charge in [0.15, 0.2) is 5.78 Å². The minimum absolute atomic E-state index is 0.123. The molecule has 1 saturated heterocycles. The summed E-state index contributed by atoms with van der Waals surface area (Å²) in [5.41, 5.74) is -0.123. The van der Waals surface area contributed by atoms with Crippen molar-refractivity contribution in [2.24, 2.45) is 5.41 Å². The van der Waals surface area contributed by atoms with E-state index in [1.54, 1.807) is 7.11 Å². The highest BCUT2D eigenvalue weighted by molar-refractivity contribution is 5.83. The molecule has 1 rings (SSSR count). The quantitative estimate of drug-likeness (QED) is 0.725. The highest BCUT2D eigenvalue weighted by Crippen LogP contribution is 2.25. The molecule has 0 radical (unpaired) electrons. The maximum atomic E-state index is 12.0. The van der Waals surface area contributed by atoms with E-state index >= 15 is 0 Å². The maximum Gasteiger partial charge on any atom is 0.162 e. The van der Waals surface area contributed by atoms with E-state index in [4.69, 9.17) is 9.47 Å². The molecule has 2 atom stereocenters. The van der Waals surface area contributed by atoms with Crippen molar-refractivity contribution in [1.82, 2.24) is 0 Å². The molecule has 0 amide bonds. The third-order valence-electron chi connectivity index (χ3n) is 3.05.